The van der Waals surface area contributed by atoms with Gasteiger partial charge in [-0.05, 0) is 41.8 Å². The van der Waals surface area contributed by atoms with E-state index in [1.54, 1.807) is 12.3 Å². The van der Waals surface area contributed by atoms with E-state index in [2.05, 4.69) is 10.0 Å². The van der Waals surface area contributed by atoms with Crippen LogP contribution in [0.5, 0.6) is 0 Å². The van der Waals surface area contributed by atoms with Crippen molar-refractivity contribution < 1.29 is 4.79 Å². The number of carbonyl (C=O) groups excluding carboxylic acids is 1. The van der Waals surface area contributed by atoms with Crippen molar-refractivity contribution in [2.24, 2.45) is 0 Å². The highest BCUT2D eigenvalue weighted by Crippen LogP contribution is 2.16. The first-order chi connectivity index (χ1) is 9.16. The van der Waals surface area contributed by atoms with Crippen molar-refractivity contribution in [3.05, 3.63) is 53.1 Å². The van der Waals surface area contributed by atoms with Gasteiger partial charge in [-0.25, -0.2) is 0 Å². The van der Waals surface area contributed by atoms with Gasteiger partial charge in [-0.1, -0.05) is 12.1 Å². The number of rotatable bonds is 4. The van der Waals surface area contributed by atoms with Crippen LogP contribution in [0.15, 0.2) is 47.5 Å². The molecule has 19 heavy (non-hydrogen) atoms. The normalized spacial score (nSPS) is 13.5. The summed E-state index contributed by atoms with van der Waals surface area (Å²) in [6.07, 6.45) is 5.41. The molecule has 1 aliphatic rings. The minimum Gasteiger partial charge on any atom is -0.378 e. The summed E-state index contributed by atoms with van der Waals surface area (Å²) < 4.78 is 2.94. The molecule has 0 unspecified atom stereocenters. The maximum absolute atomic E-state index is 11.9. The summed E-state index contributed by atoms with van der Waals surface area (Å²) in [6.45, 7) is 0.536. The second kappa shape index (κ2) is 6.33. The minimum atomic E-state index is -0.0569. The summed E-state index contributed by atoms with van der Waals surface area (Å²) in [5.74, 6) is -0.0569. The molecule has 100 valence electrons. The fourth-order valence-corrected chi connectivity index (χ4v) is 2.19. The molecule has 0 saturated carbocycles. The van der Waals surface area contributed by atoms with Crippen LogP contribution >= 0.6 is 11.9 Å². The molecule has 1 amide bonds. The third-order valence-corrected chi connectivity index (χ3v) is 3.51. The topological polar surface area (TPSA) is 44.4 Å². The molecule has 0 aromatic heterocycles. The molecule has 0 radical (unpaired) electrons. The number of nitrogens with zero attached hydrogens (tertiary/aromatic N) is 1. The fourth-order valence-electron chi connectivity index (χ4n) is 1.61. The molecule has 2 rings (SSSR count). The molecule has 4 nitrogen and oxygen atoms in total. The summed E-state index contributed by atoms with van der Waals surface area (Å²) in [5.41, 5.74) is 2.24. The lowest BCUT2D eigenvalue weighted by atomic mass is 10.2. The van der Waals surface area contributed by atoms with Crippen LogP contribution in [-0.4, -0.2) is 20.0 Å². The molecule has 1 heterocycles. The van der Waals surface area contributed by atoms with Crippen LogP contribution in [0.3, 0.4) is 0 Å². The van der Waals surface area contributed by atoms with E-state index >= 15 is 0 Å². The first-order valence-electron chi connectivity index (χ1n) is 6.00. The Morgan fingerprint density at radius 3 is 2.63 bits per heavy atom. The summed E-state index contributed by atoms with van der Waals surface area (Å²) in [7, 11) is 4.01. The number of benzene rings is 1. The van der Waals surface area contributed by atoms with E-state index in [-0.39, 0.29) is 5.91 Å². The third kappa shape index (κ3) is 3.79. The number of amides is 1. The zero-order chi connectivity index (χ0) is 13.7. The maximum atomic E-state index is 11.9. The molecule has 1 aromatic carbocycles. The molecule has 0 saturated heterocycles. The zero-order valence-corrected chi connectivity index (χ0v) is 11.8. The largest absolute Gasteiger partial charge is 0.378 e. The van der Waals surface area contributed by atoms with E-state index in [0.29, 0.717) is 11.4 Å². The van der Waals surface area contributed by atoms with Gasteiger partial charge in [0, 0.05) is 32.5 Å². The molecule has 0 fully saturated rings. The average Bonchev–Trinajstić information content (AvgIpc) is 2.46. The highest BCUT2D eigenvalue weighted by molar-refractivity contribution is 8.02. The van der Waals surface area contributed by atoms with Gasteiger partial charge in [-0.3, -0.25) is 4.79 Å². The molecule has 0 spiro atoms. The number of hydrogen-bond donors (Lipinski definition) is 2. The van der Waals surface area contributed by atoms with Crippen LogP contribution in [-0.2, 0) is 11.3 Å². The Balaban J connectivity index is 1.90. The molecule has 1 aromatic rings. The van der Waals surface area contributed by atoms with Crippen LogP contribution in [0, 0.1) is 0 Å². The standard InChI is InChI=1S/C14H17N3OS/c1-17(2)12-7-5-11(6-8-12)10-15-14(18)13-4-3-9-16-19-13/h3-9,16H,10H2,1-2H3,(H,15,18). The predicted octanol–water partition coefficient (Wildman–Crippen LogP) is 2.02. The van der Waals surface area contributed by atoms with Gasteiger partial charge < -0.3 is 14.9 Å². The van der Waals surface area contributed by atoms with Crippen molar-refractivity contribution in [2.45, 2.75) is 6.54 Å². The molecular weight excluding hydrogens is 258 g/mol. The number of nitrogens with one attached hydrogen (secondary N) is 2. The zero-order valence-electron chi connectivity index (χ0n) is 11.0. The van der Waals surface area contributed by atoms with Crippen molar-refractivity contribution in [3.63, 3.8) is 0 Å². The maximum Gasteiger partial charge on any atom is 0.259 e. The van der Waals surface area contributed by atoms with Crippen molar-refractivity contribution >= 4 is 23.5 Å². The highest BCUT2D eigenvalue weighted by Gasteiger charge is 2.10. The fraction of sp³-hybridized carbons (Fsp3) is 0.214. The van der Waals surface area contributed by atoms with E-state index in [9.17, 15) is 4.79 Å². The van der Waals surface area contributed by atoms with Gasteiger partial charge in [0.1, 0.15) is 0 Å². The lowest BCUT2D eigenvalue weighted by Gasteiger charge is -2.13. The summed E-state index contributed by atoms with van der Waals surface area (Å²) >= 11 is 1.32. The first-order valence-corrected chi connectivity index (χ1v) is 6.82. The van der Waals surface area contributed by atoms with Gasteiger partial charge in [0.15, 0.2) is 0 Å². The number of allylic oxidation sites excluding steroid dienone is 2. The van der Waals surface area contributed by atoms with Gasteiger partial charge in [0.2, 0.25) is 0 Å². The monoisotopic (exact) mass is 275 g/mol. The van der Waals surface area contributed by atoms with Gasteiger partial charge in [0.05, 0.1) is 4.91 Å². The molecule has 5 heteroatoms. The Morgan fingerprint density at radius 2 is 2.05 bits per heavy atom. The Hall–Kier alpha value is -1.88. The number of anilines is 1. The van der Waals surface area contributed by atoms with Crippen molar-refractivity contribution in [2.75, 3.05) is 19.0 Å². The molecule has 2 N–H and O–H groups in total. The van der Waals surface area contributed by atoms with Crippen LogP contribution in [0.2, 0.25) is 0 Å². The van der Waals surface area contributed by atoms with Crippen LogP contribution in [0.1, 0.15) is 5.56 Å². The Labute approximate surface area is 117 Å². The number of carbonyl (C=O) groups is 1. The van der Waals surface area contributed by atoms with E-state index in [1.807, 2.05) is 49.3 Å². The quantitative estimate of drug-likeness (QED) is 0.825. The molecular formula is C14H17N3OS. The summed E-state index contributed by atoms with van der Waals surface area (Å²) in [5, 5.41) is 2.90. The van der Waals surface area contributed by atoms with Gasteiger partial charge in [-0.2, -0.15) is 0 Å². The van der Waals surface area contributed by atoms with E-state index in [1.165, 1.54) is 11.9 Å². The van der Waals surface area contributed by atoms with E-state index in [4.69, 9.17) is 0 Å². The van der Waals surface area contributed by atoms with Crippen LogP contribution in [0.25, 0.3) is 0 Å². The second-order valence-electron chi connectivity index (χ2n) is 4.35. The van der Waals surface area contributed by atoms with Crippen LogP contribution in [0.4, 0.5) is 5.69 Å². The van der Waals surface area contributed by atoms with Crippen LogP contribution < -0.4 is 14.9 Å². The van der Waals surface area contributed by atoms with E-state index in [0.717, 1.165) is 11.3 Å². The first kappa shape index (κ1) is 13.5. The van der Waals surface area contributed by atoms with Gasteiger partial charge >= 0.3 is 0 Å². The van der Waals surface area contributed by atoms with Crippen molar-refractivity contribution in [3.8, 4) is 0 Å². The van der Waals surface area contributed by atoms with Gasteiger partial charge in [0.25, 0.3) is 5.91 Å². The lowest BCUT2D eigenvalue weighted by Crippen LogP contribution is -2.24. The summed E-state index contributed by atoms with van der Waals surface area (Å²) in [6, 6.07) is 8.13. The van der Waals surface area contributed by atoms with Gasteiger partial charge in [-0.15, -0.1) is 0 Å². The smallest absolute Gasteiger partial charge is 0.259 e. The lowest BCUT2D eigenvalue weighted by molar-refractivity contribution is -0.116. The molecule has 0 atom stereocenters. The molecule has 0 bridgehead atoms. The minimum absolute atomic E-state index is 0.0569. The Morgan fingerprint density at radius 1 is 1.32 bits per heavy atom. The van der Waals surface area contributed by atoms with E-state index < -0.39 is 0 Å². The SMILES string of the molecule is CN(C)c1ccc(CNC(=O)C2=CC=CNS2)cc1. The summed E-state index contributed by atoms with van der Waals surface area (Å²) in [4.78, 5) is 14.6. The third-order valence-electron chi connectivity index (χ3n) is 2.71. The molecule has 1 aliphatic heterocycles. The Bertz CT molecular complexity index is 506. The molecule has 0 aliphatic carbocycles. The van der Waals surface area contributed by atoms with Crippen molar-refractivity contribution in [1.82, 2.24) is 10.0 Å². The number of hydrogen-bond acceptors (Lipinski definition) is 4. The predicted molar refractivity (Wildman–Crippen MR) is 80.6 cm³/mol. The average molecular weight is 275 g/mol. The Kier molecular flexibility index (Phi) is 4.52. The highest BCUT2D eigenvalue weighted by atomic mass is 32.2. The van der Waals surface area contributed by atoms with Crippen molar-refractivity contribution in [1.29, 1.82) is 0 Å². The second-order valence-corrected chi connectivity index (χ2v) is 5.23.